The van der Waals surface area contributed by atoms with Gasteiger partial charge >= 0.3 is 0 Å². The normalized spacial score (nSPS) is 20.5. The molecule has 164 valence electrons. The van der Waals surface area contributed by atoms with Gasteiger partial charge in [0.05, 0.1) is 23.6 Å². The average molecular weight is 437 g/mol. The number of piperazine rings is 1. The maximum absolute atomic E-state index is 4.74. The first kappa shape index (κ1) is 18.8. The van der Waals surface area contributed by atoms with Gasteiger partial charge in [0.2, 0.25) is 0 Å². The molecule has 0 saturated carbocycles. The van der Waals surface area contributed by atoms with Crippen LogP contribution in [0, 0.1) is 6.92 Å². The van der Waals surface area contributed by atoms with E-state index in [0.29, 0.717) is 12.1 Å². The van der Waals surface area contributed by atoms with Crippen LogP contribution in [0.3, 0.4) is 0 Å². The zero-order valence-electron chi connectivity index (χ0n) is 18.6. The number of nitrogens with zero attached hydrogens (tertiary/aromatic N) is 7. The summed E-state index contributed by atoms with van der Waals surface area (Å²) in [5.41, 5.74) is 7.23. The van der Waals surface area contributed by atoms with E-state index in [-0.39, 0.29) is 0 Å². The zero-order valence-corrected chi connectivity index (χ0v) is 18.6. The van der Waals surface area contributed by atoms with Crippen molar-refractivity contribution in [2.75, 3.05) is 25.0 Å². The van der Waals surface area contributed by atoms with Crippen molar-refractivity contribution in [3.63, 3.8) is 0 Å². The van der Waals surface area contributed by atoms with Crippen molar-refractivity contribution in [1.82, 2.24) is 34.7 Å². The fourth-order valence-electron chi connectivity index (χ4n) is 5.59. The van der Waals surface area contributed by atoms with Gasteiger partial charge in [-0.3, -0.25) is 10.00 Å². The Kier molecular flexibility index (Phi) is 3.90. The summed E-state index contributed by atoms with van der Waals surface area (Å²) in [6, 6.07) is 11.7. The van der Waals surface area contributed by atoms with Crippen molar-refractivity contribution in [1.29, 1.82) is 0 Å². The number of hydrogen-bond donors (Lipinski definition) is 1. The van der Waals surface area contributed by atoms with Crippen molar-refractivity contribution in [2.45, 2.75) is 25.4 Å². The molecule has 2 unspecified atom stereocenters. The molecule has 4 aromatic heterocycles. The summed E-state index contributed by atoms with van der Waals surface area (Å²) in [5, 5.41) is 13.2. The van der Waals surface area contributed by atoms with Crippen molar-refractivity contribution < 1.29 is 0 Å². The van der Waals surface area contributed by atoms with E-state index in [1.54, 1.807) is 0 Å². The lowest BCUT2D eigenvalue weighted by atomic mass is 10.0. The highest BCUT2D eigenvalue weighted by Gasteiger charge is 2.41. The van der Waals surface area contributed by atoms with Gasteiger partial charge in [-0.1, -0.05) is 12.1 Å². The smallest absolute Gasteiger partial charge is 0.163 e. The van der Waals surface area contributed by atoms with Gasteiger partial charge in [-0.15, -0.1) is 0 Å². The van der Waals surface area contributed by atoms with Crippen LogP contribution >= 0.6 is 0 Å². The predicted octanol–water partition coefficient (Wildman–Crippen LogP) is 3.54. The van der Waals surface area contributed by atoms with Gasteiger partial charge in [0.15, 0.2) is 5.65 Å². The summed E-state index contributed by atoms with van der Waals surface area (Å²) in [4.78, 5) is 14.3. The highest BCUT2D eigenvalue weighted by molar-refractivity contribution is 5.99. The Morgan fingerprint density at radius 3 is 2.73 bits per heavy atom. The monoisotopic (exact) mass is 436 g/mol. The van der Waals surface area contributed by atoms with Gasteiger partial charge in [-0.2, -0.15) is 10.2 Å². The maximum Gasteiger partial charge on any atom is 0.163 e. The first-order valence-electron chi connectivity index (χ1n) is 11.4. The zero-order chi connectivity index (χ0) is 22.1. The van der Waals surface area contributed by atoms with E-state index < -0.39 is 0 Å². The lowest BCUT2D eigenvalue weighted by molar-refractivity contribution is 0.292. The SMILES string of the molecule is Cc1ccc(-c2cnn3c(-c4ccnc(N5CC6CC5CN6C)c4)ccnc23)c2cn[nH]c12. The molecule has 0 aliphatic carbocycles. The topological polar surface area (TPSA) is 78.2 Å². The standard InChI is InChI=1S/C25H24N8/c1-15-3-4-19(20-11-28-30-24(15)20)21-12-29-33-22(6-8-27-25(21)33)16-5-7-26-23(9-16)32-14-17-10-18(32)13-31(17)2/h3-9,11-12,17-18H,10,13-14H2,1-2H3,(H,28,30). The second-order valence-corrected chi connectivity index (χ2v) is 9.25. The van der Waals surface area contributed by atoms with Crippen LogP contribution in [0.15, 0.2) is 55.1 Å². The molecule has 2 atom stereocenters. The summed E-state index contributed by atoms with van der Waals surface area (Å²) >= 11 is 0. The molecular weight excluding hydrogens is 412 g/mol. The number of pyridine rings is 1. The van der Waals surface area contributed by atoms with Gasteiger partial charge in [0.25, 0.3) is 0 Å². The van der Waals surface area contributed by atoms with E-state index in [0.717, 1.165) is 57.8 Å². The van der Waals surface area contributed by atoms with Crippen molar-refractivity contribution in [3.05, 3.63) is 60.7 Å². The van der Waals surface area contributed by atoms with Crippen LogP contribution in [0.2, 0.25) is 0 Å². The molecule has 0 amide bonds. The summed E-state index contributed by atoms with van der Waals surface area (Å²) in [6.07, 6.45) is 8.78. The van der Waals surface area contributed by atoms with E-state index in [9.17, 15) is 0 Å². The van der Waals surface area contributed by atoms with E-state index in [2.05, 4.69) is 58.2 Å². The number of H-pyrrole nitrogens is 1. The lowest BCUT2D eigenvalue weighted by Gasteiger charge is -2.32. The number of benzene rings is 1. The minimum Gasteiger partial charge on any atom is -0.351 e. The summed E-state index contributed by atoms with van der Waals surface area (Å²) in [7, 11) is 2.22. The molecule has 33 heavy (non-hydrogen) atoms. The lowest BCUT2D eigenvalue weighted by Crippen LogP contribution is -2.44. The van der Waals surface area contributed by atoms with E-state index in [1.807, 2.05) is 35.4 Å². The maximum atomic E-state index is 4.74. The highest BCUT2D eigenvalue weighted by Crippen LogP contribution is 2.35. The Hall–Kier alpha value is -3.78. The van der Waals surface area contributed by atoms with Crippen LogP contribution in [0.25, 0.3) is 38.9 Å². The van der Waals surface area contributed by atoms with Gasteiger partial charge in [0, 0.05) is 54.1 Å². The van der Waals surface area contributed by atoms with E-state index in [1.165, 1.54) is 12.0 Å². The molecule has 1 N–H and O–H groups in total. The third-order valence-electron chi connectivity index (χ3n) is 7.37. The average Bonchev–Trinajstić information content (AvgIpc) is 3.62. The second-order valence-electron chi connectivity index (χ2n) is 9.25. The minimum atomic E-state index is 0.551. The van der Waals surface area contributed by atoms with Crippen molar-refractivity contribution in [3.8, 4) is 22.4 Å². The number of fused-ring (bicyclic) bond motifs is 4. The molecule has 5 aromatic rings. The van der Waals surface area contributed by atoms with Crippen molar-refractivity contribution in [2.24, 2.45) is 0 Å². The summed E-state index contributed by atoms with van der Waals surface area (Å²) in [5.74, 6) is 1.05. The predicted molar refractivity (Wildman–Crippen MR) is 128 cm³/mol. The van der Waals surface area contributed by atoms with Crippen LogP contribution in [0.1, 0.15) is 12.0 Å². The number of hydrogen-bond acceptors (Lipinski definition) is 6. The highest BCUT2D eigenvalue weighted by atomic mass is 15.4. The second kappa shape index (κ2) is 6.86. The number of likely N-dealkylation sites (tertiary alicyclic amines) is 1. The van der Waals surface area contributed by atoms with Crippen molar-refractivity contribution >= 4 is 22.4 Å². The molecule has 2 aliphatic heterocycles. The van der Waals surface area contributed by atoms with E-state index >= 15 is 0 Å². The van der Waals surface area contributed by atoms with Crippen LogP contribution in [0.5, 0.6) is 0 Å². The fourth-order valence-corrected chi connectivity index (χ4v) is 5.59. The van der Waals surface area contributed by atoms with Gasteiger partial charge < -0.3 is 4.90 Å². The number of rotatable bonds is 3. The molecule has 0 spiro atoms. The number of aromatic nitrogens is 6. The Balaban J connectivity index is 1.32. The Morgan fingerprint density at radius 1 is 0.970 bits per heavy atom. The van der Waals surface area contributed by atoms with Gasteiger partial charge in [-0.05, 0) is 49.7 Å². The van der Waals surface area contributed by atoms with Crippen LogP contribution in [-0.4, -0.2) is 66.9 Å². The molecule has 2 aliphatic rings. The number of aromatic amines is 1. The number of aryl methyl sites for hydroxylation is 1. The molecule has 2 saturated heterocycles. The summed E-state index contributed by atoms with van der Waals surface area (Å²) in [6.45, 7) is 4.24. The summed E-state index contributed by atoms with van der Waals surface area (Å²) < 4.78 is 1.93. The molecule has 7 rings (SSSR count). The molecule has 2 bridgehead atoms. The first-order chi connectivity index (χ1) is 16.2. The molecule has 2 fully saturated rings. The van der Waals surface area contributed by atoms with Crippen LogP contribution < -0.4 is 4.90 Å². The van der Waals surface area contributed by atoms with Crippen LogP contribution in [-0.2, 0) is 0 Å². The Morgan fingerprint density at radius 2 is 1.88 bits per heavy atom. The quantitative estimate of drug-likeness (QED) is 0.466. The minimum absolute atomic E-state index is 0.551. The Bertz CT molecular complexity index is 1510. The van der Waals surface area contributed by atoms with Crippen LogP contribution in [0.4, 0.5) is 5.82 Å². The molecule has 8 heteroatoms. The third kappa shape index (κ3) is 2.74. The molecule has 8 nitrogen and oxygen atoms in total. The number of anilines is 1. The molecule has 0 radical (unpaired) electrons. The Labute approximate surface area is 190 Å². The molecule has 6 heterocycles. The number of nitrogens with one attached hydrogen (secondary N) is 1. The van der Waals surface area contributed by atoms with Gasteiger partial charge in [0.1, 0.15) is 5.82 Å². The molecule has 1 aromatic carbocycles. The largest absolute Gasteiger partial charge is 0.351 e. The number of likely N-dealkylation sites (N-methyl/N-ethyl adjacent to an activating group) is 1. The molecular formula is C25H24N8. The fraction of sp³-hybridized carbons (Fsp3) is 0.280. The first-order valence-corrected chi connectivity index (χ1v) is 11.4. The van der Waals surface area contributed by atoms with Gasteiger partial charge in [-0.25, -0.2) is 14.5 Å². The van der Waals surface area contributed by atoms with E-state index in [4.69, 9.17) is 15.1 Å². The third-order valence-corrected chi connectivity index (χ3v) is 7.37.